The summed E-state index contributed by atoms with van der Waals surface area (Å²) < 4.78 is 3.88. The van der Waals surface area contributed by atoms with Crippen LogP contribution < -0.4 is 11.1 Å². The minimum atomic E-state index is 0.455. The van der Waals surface area contributed by atoms with E-state index in [4.69, 9.17) is 17.3 Å². The lowest BCUT2D eigenvalue weighted by Gasteiger charge is -2.09. The fraction of sp³-hybridized carbons (Fsp3) is 0.0952. The van der Waals surface area contributed by atoms with Gasteiger partial charge in [0.2, 0.25) is 0 Å². The van der Waals surface area contributed by atoms with Gasteiger partial charge in [-0.15, -0.1) is 0 Å². The van der Waals surface area contributed by atoms with Crippen molar-refractivity contribution in [2.75, 3.05) is 0 Å². The van der Waals surface area contributed by atoms with Gasteiger partial charge in [-0.2, -0.15) is 0 Å². The molecular weight excluding hydrogens is 386 g/mol. The number of nitrogens with zero attached hydrogens (tertiary/aromatic N) is 5. The van der Waals surface area contributed by atoms with Crippen LogP contribution >= 0.6 is 11.6 Å². The molecule has 0 radical (unpaired) electrons. The molecule has 0 atom stereocenters. The lowest BCUT2D eigenvalue weighted by Crippen LogP contribution is -2.15. The molecule has 3 N–H and O–H groups in total. The van der Waals surface area contributed by atoms with Crippen molar-refractivity contribution in [1.82, 2.24) is 24.1 Å². The van der Waals surface area contributed by atoms with Crippen LogP contribution in [-0.4, -0.2) is 25.0 Å². The summed E-state index contributed by atoms with van der Waals surface area (Å²) >= 11 is 6.09. The van der Waals surface area contributed by atoms with Crippen LogP contribution in [0, 0.1) is 0 Å². The molecule has 4 rings (SSSR count). The van der Waals surface area contributed by atoms with Gasteiger partial charge in [0.25, 0.3) is 0 Å². The highest BCUT2D eigenvalue weighted by molar-refractivity contribution is 6.30. The molecule has 8 heteroatoms. The van der Waals surface area contributed by atoms with Crippen LogP contribution in [0.15, 0.2) is 84.3 Å². The molecule has 0 saturated carbocycles. The van der Waals surface area contributed by atoms with E-state index in [1.165, 1.54) is 6.20 Å². The minimum Gasteiger partial charge on any atom is -0.404 e. The van der Waals surface area contributed by atoms with Crippen molar-refractivity contribution >= 4 is 29.0 Å². The van der Waals surface area contributed by atoms with E-state index in [0.717, 1.165) is 22.6 Å². The van der Waals surface area contributed by atoms with Gasteiger partial charge in [0.15, 0.2) is 0 Å². The van der Waals surface area contributed by atoms with Gasteiger partial charge in [-0.1, -0.05) is 24.2 Å². The van der Waals surface area contributed by atoms with Crippen LogP contribution in [0.3, 0.4) is 0 Å². The van der Waals surface area contributed by atoms with Crippen LogP contribution in [0.4, 0.5) is 0 Å². The van der Waals surface area contributed by atoms with Crippen molar-refractivity contribution in [2.24, 2.45) is 10.7 Å². The molecule has 4 aromatic heterocycles. The summed E-state index contributed by atoms with van der Waals surface area (Å²) in [5, 5.41) is 3.91. The van der Waals surface area contributed by atoms with E-state index in [-0.39, 0.29) is 0 Å². The number of aromatic nitrogens is 4. The highest BCUT2D eigenvalue weighted by Crippen LogP contribution is 2.16. The van der Waals surface area contributed by atoms with Gasteiger partial charge in [0, 0.05) is 47.3 Å². The Labute approximate surface area is 172 Å². The zero-order chi connectivity index (χ0) is 20.2. The zero-order valence-corrected chi connectivity index (χ0v) is 16.4. The molecule has 0 aliphatic heterocycles. The van der Waals surface area contributed by atoms with Gasteiger partial charge in [0.05, 0.1) is 36.3 Å². The summed E-state index contributed by atoms with van der Waals surface area (Å²) in [6, 6.07) is 9.57. The zero-order valence-electron chi connectivity index (χ0n) is 15.7. The van der Waals surface area contributed by atoms with E-state index in [9.17, 15) is 0 Å². The third-order valence-electron chi connectivity index (χ3n) is 4.48. The first-order chi connectivity index (χ1) is 14.1. The number of fused-ring (bicyclic) bond motifs is 2. The number of imidazole rings is 2. The van der Waals surface area contributed by atoms with Gasteiger partial charge < -0.3 is 19.9 Å². The summed E-state index contributed by atoms with van der Waals surface area (Å²) in [7, 11) is 0. The van der Waals surface area contributed by atoms with E-state index < -0.39 is 0 Å². The van der Waals surface area contributed by atoms with Gasteiger partial charge in [-0.05, 0) is 24.3 Å². The Balaban J connectivity index is 1.38. The molecule has 29 heavy (non-hydrogen) atoms. The smallest absolute Gasteiger partial charge is 0.137 e. The van der Waals surface area contributed by atoms with Crippen LogP contribution in [0.1, 0.15) is 11.4 Å². The van der Waals surface area contributed by atoms with Crippen LogP contribution in [0.25, 0.3) is 11.2 Å². The first kappa shape index (κ1) is 18.8. The Bertz CT molecular complexity index is 1200. The largest absolute Gasteiger partial charge is 0.404 e. The van der Waals surface area contributed by atoms with Crippen molar-refractivity contribution in [3.63, 3.8) is 0 Å². The fourth-order valence-electron chi connectivity index (χ4n) is 2.97. The number of nitrogens with one attached hydrogen (secondary N) is 1. The molecule has 0 fully saturated rings. The van der Waals surface area contributed by atoms with E-state index in [2.05, 4.69) is 26.9 Å². The standard InChI is InChI=1S/C21H20ClN7/c1-15(25-12-19-20-8-17(22)5-7-29(20)14-26-19)16(9-23)10-24-11-18-13-28-6-3-2-4-21(28)27-18/h2-10,13-14,25H,1,11-12,23H2/b16-9+,24-10?. The second-order valence-corrected chi connectivity index (χ2v) is 6.89. The van der Waals surface area contributed by atoms with Crippen molar-refractivity contribution in [3.05, 3.63) is 95.7 Å². The maximum Gasteiger partial charge on any atom is 0.137 e. The van der Waals surface area contributed by atoms with Crippen LogP contribution in [0.5, 0.6) is 0 Å². The number of aliphatic imine (C=N–C) groups is 1. The molecule has 0 aliphatic rings. The van der Waals surface area contributed by atoms with Crippen LogP contribution in [-0.2, 0) is 13.1 Å². The third-order valence-corrected chi connectivity index (χ3v) is 4.71. The van der Waals surface area contributed by atoms with Gasteiger partial charge in [0.1, 0.15) is 5.65 Å². The highest BCUT2D eigenvalue weighted by atomic mass is 35.5. The number of hydrogen-bond acceptors (Lipinski definition) is 5. The van der Waals surface area contributed by atoms with E-state index >= 15 is 0 Å². The van der Waals surface area contributed by atoms with Gasteiger partial charge in [-0.3, -0.25) is 4.99 Å². The molecule has 0 spiro atoms. The molecule has 0 bridgehead atoms. The number of halogens is 1. The topological polar surface area (TPSA) is 85.0 Å². The third kappa shape index (κ3) is 4.14. The van der Waals surface area contributed by atoms with Gasteiger partial charge >= 0.3 is 0 Å². The Morgan fingerprint density at radius 1 is 1.28 bits per heavy atom. The van der Waals surface area contributed by atoms with E-state index in [0.29, 0.717) is 29.4 Å². The van der Waals surface area contributed by atoms with Crippen molar-refractivity contribution < 1.29 is 0 Å². The molecule has 0 saturated heterocycles. The number of rotatable bonds is 7. The van der Waals surface area contributed by atoms with E-state index in [1.54, 1.807) is 12.5 Å². The predicted octanol–water partition coefficient (Wildman–Crippen LogP) is 3.35. The fourth-order valence-corrected chi connectivity index (χ4v) is 3.13. The average Bonchev–Trinajstić information content (AvgIpc) is 3.32. The molecule has 0 amide bonds. The Kier molecular flexibility index (Phi) is 5.31. The molecular formula is C21H20ClN7. The highest BCUT2D eigenvalue weighted by Gasteiger charge is 2.07. The van der Waals surface area contributed by atoms with Crippen molar-refractivity contribution in [2.45, 2.75) is 13.1 Å². The first-order valence-corrected chi connectivity index (χ1v) is 9.40. The molecule has 0 aliphatic carbocycles. The molecule has 0 aromatic carbocycles. The summed E-state index contributed by atoms with van der Waals surface area (Å²) in [5.41, 5.74) is 10.7. The lowest BCUT2D eigenvalue weighted by molar-refractivity contribution is 0.815. The van der Waals surface area contributed by atoms with Gasteiger partial charge in [-0.25, -0.2) is 9.97 Å². The Hall–Kier alpha value is -3.58. The first-order valence-electron chi connectivity index (χ1n) is 9.02. The summed E-state index contributed by atoms with van der Waals surface area (Å²) in [5.74, 6) is 0. The summed E-state index contributed by atoms with van der Waals surface area (Å²) in [6.07, 6.45) is 10.7. The Morgan fingerprint density at radius 3 is 3.00 bits per heavy atom. The summed E-state index contributed by atoms with van der Waals surface area (Å²) in [6.45, 7) is 5.00. The number of hydrogen-bond donors (Lipinski definition) is 2. The van der Waals surface area contributed by atoms with E-state index in [1.807, 2.05) is 57.7 Å². The molecule has 0 unspecified atom stereocenters. The molecule has 4 heterocycles. The number of pyridine rings is 2. The maximum absolute atomic E-state index is 6.09. The normalized spacial score (nSPS) is 12.2. The SMILES string of the molecule is C=C(NCc1ncn2ccc(Cl)cc12)/C(C=NCc1cn2ccccc2n1)=C/N. The number of nitrogens with two attached hydrogens (primary N) is 1. The van der Waals surface area contributed by atoms with Crippen LogP contribution in [0.2, 0.25) is 5.02 Å². The minimum absolute atomic E-state index is 0.455. The summed E-state index contributed by atoms with van der Waals surface area (Å²) in [4.78, 5) is 13.4. The van der Waals surface area contributed by atoms with Crippen molar-refractivity contribution in [1.29, 1.82) is 0 Å². The predicted molar refractivity (Wildman–Crippen MR) is 116 cm³/mol. The monoisotopic (exact) mass is 405 g/mol. The second-order valence-electron chi connectivity index (χ2n) is 6.45. The Morgan fingerprint density at radius 2 is 2.17 bits per heavy atom. The molecule has 146 valence electrons. The average molecular weight is 406 g/mol. The molecule has 7 nitrogen and oxygen atoms in total. The number of allylic oxidation sites excluding steroid dienone is 1. The maximum atomic E-state index is 6.09. The molecule has 4 aromatic rings. The quantitative estimate of drug-likeness (QED) is 0.364. The lowest BCUT2D eigenvalue weighted by atomic mass is 10.2. The van der Waals surface area contributed by atoms with Crippen molar-refractivity contribution in [3.8, 4) is 0 Å². The second kappa shape index (κ2) is 8.20.